The van der Waals surface area contributed by atoms with E-state index in [1.165, 1.54) is 5.01 Å². The molecule has 0 aromatic heterocycles. The molecule has 7 nitrogen and oxygen atoms in total. The van der Waals surface area contributed by atoms with Crippen molar-refractivity contribution in [1.29, 1.82) is 0 Å². The van der Waals surface area contributed by atoms with Crippen LogP contribution in [-0.4, -0.2) is 71.9 Å². The van der Waals surface area contributed by atoms with Gasteiger partial charge >= 0.3 is 0 Å². The summed E-state index contributed by atoms with van der Waals surface area (Å²) in [6, 6.07) is 22.3. The van der Waals surface area contributed by atoms with E-state index in [2.05, 4.69) is 21.8 Å². The molecule has 1 N–H and O–H groups in total. The minimum absolute atomic E-state index is 0.174. The predicted molar refractivity (Wildman–Crippen MR) is 143 cm³/mol. The van der Waals surface area contributed by atoms with Crippen LogP contribution in [0.15, 0.2) is 77.9 Å². The largest absolute Gasteiger partial charge is 0.508 e. The van der Waals surface area contributed by atoms with Gasteiger partial charge < -0.3 is 14.7 Å². The van der Waals surface area contributed by atoms with Crippen LogP contribution in [0.3, 0.4) is 0 Å². The minimum atomic E-state index is -0.712. The van der Waals surface area contributed by atoms with Gasteiger partial charge in [0.2, 0.25) is 0 Å². The van der Waals surface area contributed by atoms with E-state index in [4.69, 9.17) is 4.74 Å². The Morgan fingerprint density at radius 2 is 1.50 bits per heavy atom. The first-order valence-electron chi connectivity index (χ1n) is 12.5. The molecule has 2 unspecified atom stereocenters. The summed E-state index contributed by atoms with van der Waals surface area (Å²) in [5, 5.41) is 15.6. The third-order valence-corrected chi connectivity index (χ3v) is 6.97. The van der Waals surface area contributed by atoms with E-state index in [-0.39, 0.29) is 17.7 Å². The average Bonchev–Trinajstić information content (AvgIpc) is 2.91. The molecule has 7 heteroatoms. The Bertz CT molecular complexity index is 1200. The van der Waals surface area contributed by atoms with Gasteiger partial charge in [0.25, 0.3) is 5.91 Å². The molecule has 0 saturated carbocycles. The molecule has 1 amide bonds. The predicted octanol–water partition coefficient (Wildman–Crippen LogP) is 4.15. The molecule has 0 radical (unpaired) electrons. The van der Waals surface area contributed by atoms with Crippen LogP contribution in [0.25, 0.3) is 11.1 Å². The van der Waals surface area contributed by atoms with Gasteiger partial charge in [-0.3, -0.25) is 9.69 Å². The van der Waals surface area contributed by atoms with Crippen molar-refractivity contribution in [3.05, 3.63) is 78.4 Å². The smallest absolute Gasteiger partial charge is 0.290 e. The van der Waals surface area contributed by atoms with E-state index >= 15 is 0 Å². The number of aromatic hydroxyl groups is 1. The van der Waals surface area contributed by atoms with E-state index < -0.39 is 6.10 Å². The maximum atomic E-state index is 13.7. The van der Waals surface area contributed by atoms with Crippen LogP contribution in [-0.2, 0) is 4.79 Å². The number of likely N-dealkylation sites (N-methyl/N-ethyl adjacent to an activating group) is 1. The first-order valence-corrected chi connectivity index (χ1v) is 12.5. The number of amides is 1. The number of hydrazone groups is 1. The summed E-state index contributed by atoms with van der Waals surface area (Å²) < 4.78 is 6.39. The molecule has 186 valence electrons. The topological polar surface area (TPSA) is 68.6 Å². The van der Waals surface area contributed by atoms with E-state index in [0.717, 1.165) is 55.1 Å². The van der Waals surface area contributed by atoms with Crippen LogP contribution in [0.4, 0.5) is 5.69 Å². The zero-order chi connectivity index (χ0) is 25.1. The molecule has 0 spiro atoms. The van der Waals surface area contributed by atoms with Gasteiger partial charge in [-0.25, -0.2) is 0 Å². The van der Waals surface area contributed by atoms with Crippen LogP contribution in [0.2, 0.25) is 0 Å². The Hall–Kier alpha value is -3.68. The fraction of sp³-hybridized carbons (Fsp3) is 0.310. The highest BCUT2D eigenvalue weighted by molar-refractivity contribution is 6.02. The summed E-state index contributed by atoms with van der Waals surface area (Å²) in [7, 11) is 0. The molecule has 2 atom stereocenters. The molecule has 0 bridgehead atoms. The molecular weight excluding hydrogens is 452 g/mol. The number of carbonyl (C=O) groups is 1. The Balaban J connectivity index is 1.40. The number of aryl methyl sites for hydroxylation is 1. The second-order valence-electron chi connectivity index (χ2n) is 9.32. The molecule has 5 rings (SSSR count). The van der Waals surface area contributed by atoms with Crippen LogP contribution in [0, 0.1) is 6.92 Å². The van der Waals surface area contributed by atoms with Gasteiger partial charge in [0.1, 0.15) is 11.5 Å². The van der Waals surface area contributed by atoms with E-state index in [9.17, 15) is 9.90 Å². The monoisotopic (exact) mass is 484 g/mol. The number of anilines is 1. The standard InChI is InChI=1S/C29H32N4O3/c1-3-31-16-18-32(19-17-31)27-20-30-33(24-10-4-21(2)5-11-24)29(35)28(27)36-26-14-8-23(9-15-26)22-6-12-25(34)13-7-22/h4-15,20,27-28,34H,3,16-19H2,1-2H3. The molecule has 0 aliphatic carbocycles. The molecule has 1 saturated heterocycles. The zero-order valence-corrected chi connectivity index (χ0v) is 20.7. The number of phenols is 1. The fourth-order valence-electron chi connectivity index (χ4n) is 4.73. The first kappa shape index (κ1) is 24.0. The van der Waals surface area contributed by atoms with Crippen molar-refractivity contribution < 1.29 is 14.6 Å². The lowest BCUT2D eigenvalue weighted by Crippen LogP contribution is -2.61. The average molecular weight is 485 g/mol. The number of piperazine rings is 1. The Labute approximate surface area is 212 Å². The molecule has 36 heavy (non-hydrogen) atoms. The van der Waals surface area contributed by atoms with Crippen molar-refractivity contribution >= 4 is 17.8 Å². The molecule has 3 aromatic carbocycles. The van der Waals surface area contributed by atoms with Crippen molar-refractivity contribution in [2.75, 3.05) is 37.7 Å². The lowest BCUT2D eigenvalue weighted by atomic mass is 10.0. The molecule has 2 aliphatic heterocycles. The number of phenolic OH excluding ortho intramolecular Hbond substituents is 1. The Morgan fingerprint density at radius 3 is 2.11 bits per heavy atom. The normalized spacial score (nSPS) is 21.1. The highest BCUT2D eigenvalue weighted by Crippen LogP contribution is 2.28. The highest BCUT2D eigenvalue weighted by Gasteiger charge is 2.41. The van der Waals surface area contributed by atoms with Crippen molar-refractivity contribution in [3.63, 3.8) is 0 Å². The number of hydrogen-bond donors (Lipinski definition) is 1. The maximum absolute atomic E-state index is 13.7. The number of carbonyl (C=O) groups excluding carboxylic acids is 1. The summed E-state index contributed by atoms with van der Waals surface area (Å²) in [5.74, 6) is 0.694. The van der Waals surface area contributed by atoms with Gasteiger partial charge in [0.15, 0.2) is 6.10 Å². The van der Waals surface area contributed by atoms with E-state index in [1.54, 1.807) is 12.1 Å². The Morgan fingerprint density at radius 1 is 0.889 bits per heavy atom. The van der Waals surface area contributed by atoms with Crippen molar-refractivity contribution in [2.45, 2.75) is 26.0 Å². The van der Waals surface area contributed by atoms with Gasteiger partial charge in [0.05, 0.1) is 11.7 Å². The summed E-state index contributed by atoms with van der Waals surface area (Å²) in [6.07, 6.45) is 1.15. The second-order valence-corrected chi connectivity index (χ2v) is 9.32. The van der Waals surface area contributed by atoms with Crippen LogP contribution in [0.1, 0.15) is 12.5 Å². The van der Waals surface area contributed by atoms with Crippen molar-refractivity contribution in [1.82, 2.24) is 9.80 Å². The second kappa shape index (κ2) is 10.5. The van der Waals surface area contributed by atoms with Gasteiger partial charge in [-0.15, -0.1) is 0 Å². The van der Waals surface area contributed by atoms with Gasteiger partial charge in [-0.05, 0) is 61.0 Å². The summed E-state index contributed by atoms with van der Waals surface area (Å²) in [6.45, 7) is 8.87. The first-order chi connectivity index (χ1) is 17.5. The molecule has 3 aromatic rings. The van der Waals surface area contributed by atoms with Crippen molar-refractivity contribution in [2.24, 2.45) is 5.10 Å². The number of benzene rings is 3. The molecule has 1 fully saturated rings. The number of nitrogens with zero attached hydrogens (tertiary/aromatic N) is 4. The third kappa shape index (κ3) is 5.12. The fourth-order valence-corrected chi connectivity index (χ4v) is 4.73. The van der Waals surface area contributed by atoms with Gasteiger partial charge in [-0.1, -0.05) is 48.9 Å². The quantitative estimate of drug-likeness (QED) is 0.569. The lowest BCUT2D eigenvalue weighted by Gasteiger charge is -2.42. The summed E-state index contributed by atoms with van der Waals surface area (Å²) >= 11 is 0. The summed E-state index contributed by atoms with van der Waals surface area (Å²) in [5.41, 5.74) is 3.86. The number of rotatable bonds is 6. The van der Waals surface area contributed by atoms with Crippen LogP contribution < -0.4 is 9.75 Å². The molecule has 2 aliphatic rings. The molecule has 2 heterocycles. The SMILES string of the molecule is CCN1CCN(C2C=NN(c3ccc(C)cc3)C(=O)C2Oc2ccc(-c3ccc(O)cc3)cc2)CC1. The van der Waals surface area contributed by atoms with Gasteiger partial charge in [-0.2, -0.15) is 10.1 Å². The molecular formula is C29H32N4O3. The Kier molecular flexibility index (Phi) is 7.02. The highest BCUT2D eigenvalue weighted by atomic mass is 16.5. The zero-order valence-electron chi connectivity index (χ0n) is 20.7. The van der Waals surface area contributed by atoms with Crippen molar-refractivity contribution in [3.8, 4) is 22.6 Å². The number of hydrogen-bond acceptors (Lipinski definition) is 6. The maximum Gasteiger partial charge on any atom is 0.290 e. The van der Waals surface area contributed by atoms with Crippen LogP contribution >= 0.6 is 0 Å². The lowest BCUT2D eigenvalue weighted by molar-refractivity contribution is -0.128. The van der Waals surface area contributed by atoms with Crippen LogP contribution in [0.5, 0.6) is 11.5 Å². The third-order valence-electron chi connectivity index (χ3n) is 6.97. The number of ether oxygens (including phenoxy) is 1. The van der Waals surface area contributed by atoms with E-state index in [1.807, 2.05) is 73.8 Å². The minimum Gasteiger partial charge on any atom is -0.508 e. The van der Waals surface area contributed by atoms with Gasteiger partial charge in [0, 0.05) is 32.4 Å². The van der Waals surface area contributed by atoms with E-state index in [0.29, 0.717) is 5.75 Å². The summed E-state index contributed by atoms with van der Waals surface area (Å²) in [4.78, 5) is 18.4.